The molecular weight excluding hydrogens is 393 g/mol. The number of ether oxygens (including phenoxy) is 1. The van der Waals surface area contributed by atoms with Crippen molar-refractivity contribution in [2.45, 2.75) is 5.25 Å². The van der Waals surface area contributed by atoms with Crippen LogP contribution < -0.4 is 15.2 Å². The number of aromatic carboxylic acids is 1. The zero-order valence-corrected chi connectivity index (χ0v) is 15.9. The molecule has 0 aromatic heterocycles. The number of amides is 1. The van der Waals surface area contributed by atoms with Crippen molar-refractivity contribution in [3.63, 3.8) is 0 Å². The van der Waals surface area contributed by atoms with Crippen LogP contribution in [0.2, 0.25) is 0 Å². The molecule has 1 N–H and O–H groups in total. The van der Waals surface area contributed by atoms with E-state index in [-0.39, 0.29) is 28.3 Å². The van der Waals surface area contributed by atoms with Crippen molar-refractivity contribution in [2.75, 3.05) is 11.1 Å². The number of halogens is 1. The molecule has 7 heteroatoms. The Kier molecular flexibility index (Phi) is 5.22. The first-order valence-electron chi connectivity index (χ1n) is 8.80. The largest absolute Gasteiger partial charge is 0.545 e. The molecule has 0 saturated carbocycles. The van der Waals surface area contributed by atoms with E-state index < -0.39 is 5.97 Å². The van der Waals surface area contributed by atoms with Crippen LogP contribution in [0.15, 0.2) is 66.7 Å². The lowest BCUT2D eigenvalue weighted by Crippen LogP contribution is -2.22. The number of carboxylic acid groups (broad SMARTS) is 1. The van der Waals surface area contributed by atoms with E-state index in [1.165, 1.54) is 42.1 Å². The number of hydrogen-bond donors (Lipinski definition) is 1. The van der Waals surface area contributed by atoms with Crippen molar-refractivity contribution in [1.29, 1.82) is 0 Å². The minimum atomic E-state index is -1.31. The molecule has 5 nitrogen and oxygen atoms in total. The van der Waals surface area contributed by atoms with Crippen molar-refractivity contribution < 1.29 is 23.8 Å². The SMILES string of the molecule is O=C(CS[C@H]1c2ccccc2Oc2ccc(F)cc21)Nc1cccc(C(=O)[O-])c1. The van der Waals surface area contributed by atoms with Gasteiger partial charge in [-0.3, -0.25) is 4.79 Å². The van der Waals surface area contributed by atoms with Gasteiger partial charge in [0.2, 0.25) is 5.91 Å². The van der Waals surface area contributed by atoms with Gasteiger partial charge in [-0.05, 0) is 42.0 Å². The minimum Gasteiger partial charge on any atom is -0.545 e. The Morgan fingerprint density at radius 2 is 1.79 bits per heavy atom. The minimum absolute atomic E-state index is 0.0155. The summed E-state index contributed by atoms with van der Waals surface area (Å²) >= 11 is 1.34. The number of para-hydroxylation sites is 1. The van der Waals surface area contributed by atoms with Crippen molar-refractivity contribution in [1.82, 2.24) is 0 Å². The Hall–Kier alpha value is -3.32. The zero-order chi connectivity index (χ0) is 20.4. The van der Waals surface area contributed by atoms with E-state index >= 15 is 0 Å². The summed E-state index contributed by atoms with van der Waals surface area (Å²) in [5, 5.41) is 13.4. The highest BCUT2D eigenvalue weighted by molar-refractivity contribution is 8.00. The van der Waals surface area contributed by atoms with Crippen LogP contribution in [0.1, 0.15) is 26.7 Å². The second-order valence-corrected chi connectivity index (χ2v) is 7.52. The third-order valence-electron chi connectivity index (χ3n) is 4.44. The van der Waals surface area contributed by atoms with Crippen LogP contribution in [0, 0.1) is 5.82 Å². The predicted molar refractivity (Wildman–Crippen MR) is 107 cm³/mol. The van der Waals surface area contributed by atoms with E-state index in [0.717, 1.165) is 5.56 Å². The van der Waals surface area contributed by atoms with Gasteiger partial charge in [0.1, 0.15) is 17.3 Å². The van der Waals surface area contributed by atoms with E-state index in [4.69, 9.17) is 4.74 Å². The van der Waals surface area contributed by atoms with Crippen LogP contribution in [0.4, 0.5) is 10.1 Å². The predicted octanol–water partition coefficient (Wildman–Crippen LogP) is 3.76. The van der Waals surface area contributed by atoms with E-state index in [1.807, 2.05) is 24.3 Å². The summed E-state index contributed by atoms with van der Waals surface area (Å²) < 4.78 is 19.7. The average molecular weight is 408 g/mol. The van der Waals surface area contributed by atoms with E-state index in [2.05, 4.69) is 5.32 Å². The summed E-state index contributed by atoms with van der Waals surface area (Å²) in [6.45, 7) is 0. The lowest BCUT2D eigenvalue weighted by molar-refractivity contribution is -0.255. The molecule has 0 saturated heterocycles. The smallest absolute Gasteiger partial charge is 0.234 e. The maximum absolute atomic E-state index is 13.8. The lowest BCUT2D eigenvalue weighted by atomic mass is 10.00. The molecule has 0 radical (unpaired) electrons. The second kappa shape index (κ2) is 7.97. The maximum atomic E-state index is 13.8. The molecule has 3 aromatic carbocycles. The van der Waals surface area contributed by atoms with E-state index in [0.29, 0.717) is 22.7 Å². The van der Waals surface area contributed by atoms with Crippen LogP contribution in [-0.4, -0.2) is 17.6 Å². The Morgan fingerprint density at radius 1 is 1.00 bits per heavy atom. The second-order valence-electron chi connectivity index (χ2n) is 6.43. The van der Waals surface area contributed by atoms with Crippen LogP contribution in [0.25, 0.3) is 0 Å². The highest BCUT2D eigenvalue weighted by Crippen LogP contribution is 2.49. The number of thioether (sulfide) groups is 1. The number of carboxylic acids is 1. The standard InChI is InChI=1S/C22H16FNO4S/c23-14-8-9-19-17(11-14)21(16-6-1-2-7-18(16)28-19)29-12-20(25)24-15-5-3-4-13(10-15)22(26)27/h1-11,21H,12H2,(H,24,25)(H,26,27)/p-1/t21-/m0/s1. The normalized spacial score (nSPS) is 14.3. The Morgan fingerprint density at radius 3 is 2.62 bits per heavy atom. The molecule has 0 aliphatic carbocycles. The number of rotatable bonds is 5. The first-order valence-corrected chi connectivity index (χ1v) is 9.85. The monoisotopic (exact) mass is 408 g/mol. The van der Waals surface area contributed by atoms with Gasteiger partial charge in [-0.25, -0.2) is 4.39 Å². The van der Waals surface area contributed by atoms with E-state index in [1.54, 1.807) is 12.1 Å². The molecule has 1 amide bonds. The van der Waals surface area contributed by atoms with Crippen LogP contribution in [0.3, 0.4) is 0 Å². The van der Waals surface area contributed by atoms with Gasteiger partial charge in [0.05, 0.1) is 17.0 Å². The fourth-order valence-corrected chi connectivity index (χ4v) is 4.28. The van der Waals surface area contributed by atoms with E-state index in [9.17, 15) is 19.1 Å². The molecule has 0 spiro atoms. The van der Waals surface area contributed by atoms with Gasteiger partial charge in [0, 0.05) is 16.8 Å². The highest BCUT2D eigenvalue weighted by Gasteiger charge is 2.28. The molecule has 0 unspecified atom stereocenters. The van der Waals surface area contributed by atoms with Gasteiger partial charge in [0.25, 0.3) is 0 Å². The lowest BCUT2D eigenvalue weighted by Gasteiger charge is -2.27. The summed E-state index contributed by atoms with van der Waals surface area (Å²) in [6.07, 6.45) is 0. The molecular formula is C22H15FNO4S-. The number of nitrogens with one attached hydrogen (secondary N) is 1. The maximum Gasteiger partial charge on any atom is 0.234 e. The zero-order valence-electron chi connectivity index (χ0n) is 15.1. The fourth-order valence-electron chi connectivity index (χ4n) is 3.15. The van der Waals surface area contributed by atoms with Gasteiger partial charge in [-0.1, -0.05) is 30.3 Å². The molecule has 0 bridgehead atoms. The summed E-state index contributed by atoms with van der Waals surface area (Å²) in [5.41, 5.74) is 1.89. The van der Waals surface area contributed by atoms with Gasteiger partial charge in [-0.15, -0.1) is 11.8 Å². The fraction of sp³-hybridized carbons (Fsp3) is 0.0909. The van der Waals surface area contributed by atoms with Crippen LogP contribution >= 0.6 is 11.8 Å². The number of hydrogen-bond acceptors (Lipinski definition) is 5. The Balaban J connectivity index is 1.52. The molecule has 1 heterocycles. The summed E-state index contributed by atoms with van der Waals surface area (Å²) in [7, 11) is 0. The highest BCUT2D eigenvalue weighted by atomic mass is 32.2. The number of anilines is 1. The third-order valence-corrected chi connectivity index (χ3v) is 5.71. The summed E-state index contributed by atoms with van der Waals surface area (Å²) in [6, 6.07) is 17.7. The summed E-state index contributed by atoms with van der Waals surface area (Å²) in [5.74, 6) is -0.665. The molecule has 0 fully saturated rings. The Labute approximate surface area is 170 Å². The van der Waals surface area contributed by atoms with Crippen molar-refractivity contribution in [3.8, 4) is 11.5 Å². The molecule has 3 aromatic rings. The van der Waals surface area contributed by atoms with Crippen molar-refractivity contribution >= 4 is 29.3 Å². The van der Waals surface area contributed by atoms with Crippen LogP contribution in [0.5, 0.6) is 11.5 Å². The van der Waals surface area contributed by atoms with Gasteiger partial charge < -0.3 is 20.0 Å². The number of fused-ring (bicyclic) bond motifs is 2. The topological polar surface area (TPSA) is 78.5 Å². The van der Waals surface area contributed by atoms with Crippen molar-refractivity contribution in [3.05, 3.63) is 89.2 Å². The molecule has 29 heavy (non-hydrogen) atoms. The van der Waals surface area contributed by atoms with Gasteiger partial charge in [-0.2, -0.15) is 0 Å². The first-order chi connectivity index (χ1) is 14.0. The number of carbonyl (C=O) groups is 2. The van der Waals surface area contributed by atoms with Crippen LogP contribution in [-0.2, 0) is 4.79 Å². The quantitative estimate of drug-likeness (QED) is 0.696. The molecule has 4 rings (SSSR count). The third kappa shape index (κ3) is 4.09. The van der Waals surface area contributed by atoms with Crippen molar-refractivity contribution in [2.24, 2.45) is 0 Å². The number of benzene rings is 3. The molecule has 1 aliphatic heterocycles. The Bertz CT molecular complexity index is 1100. The first kappa shape index (κ1) is 19.0. The average Bonchev–Trinajstić information content (AvgIpc) is 2.71. The van der Waals surface area contributed by atoms with Gasteiger partial charge in [0.15, 0.2) is 0 Å². The molecule has 1 atom stereocenters. The molecule has 1 aliphatic rings. The number of carbonyl (C=O) groups excluding carboxylic acids is 2. The molecule has 146 valence electrons. The summed E-state index contributed by atoms with van der Waals surface area (Å²) in [4.78, 5) is 23.4. The van der Waals surface area contributed by atoms with Gasteiger partial charge >= 0.3 is 0 Å².